The third-order valence-corrected chi connectivity index (χ3v) is 3.99. The second-order valence-electron chi connectivity index (χ2n) is 5.73. The quantitative estimate of drug-likeness (QED) is 0.841. The zero-order chi connectivity index (χ0) is 16.3. The molecule has 0 aromatic heterocycles. The lowest BCUT2D eigenvalue weighted by Crippen LogP contribution is -2.33. The Morgan fingerprint density at radius 3 is 3.00 bits per heavy atom. The molecule has 1 aliphatic heterocycles. The number of rotatable bonds is 5. The minimum Gasteiger partial charge on any atom is -0.378 e. The van der Waals surface area contributed by atoms with Crippen molar-refractivity contribution in [3.05, 3.63) is 66.8 Å². The molecule has 1 aromatic carbocycles. The molecule has 1 N–H and O–H groups in total. The molecule has 0 unspecified atom stereocenters. The molecule has 23 heavy (non-hydrogen) atoms. The van der Waals surface area contributed by atoms with Gasteiger partial charge in [0, 0.05) is 26.7 Å². The molecule has 1 saturated heterocycles. The third-order valence-electron chi connectivity index (χ3n) is 3.99. The van der Waals surface area contributed by atoms with Crippen molar-refractivity contribution in [2.45, 2.75) is 12.8 Å². The minimum absolute atomic E-state index is 0. The maximum Gasteiger partial charge on any atom is 0.0642 e. The first-order valence-electron chi connectivity index (χ1n) is 8.40. The van der Waals surface area contributed by atoms with Gasteiger partial charge in [0.25, 0.3) is 0 Å². The zero-order valence-electron chi connectivity index (χ0n) is 14.0. The average Bonchev–Trinajstić information content (AvgIpc) is 2.59. The molecule has 0 radical (unpaired) electrons. The summed E-state index contributed by atoms with van der Waals surface area (Å²) in [6.07, 6.45) is 7.77. The van der Waals surface area contributed by atoms with Crippen LogP contribution in [0.1, 0.15) is 13.4 Å². The summed E-state index contributed by atoms with van der Waals surface area (Å²) in [5.74, 6) is 0. The van der Waals surface area contributed by atoms with E-state index in [0.29, 0.717) is 0 Å². The first-order chi connectivity index (χ1) is 11.3. The molecular weight excluding hydrogens is 284 g/mol. The molecule has 1 heterocycles. The number of nitrogens with zero attached hydrogens (tertiary/aromatic N) is 1. The van der Waals surface area contributed by atoms with Crippen molar-refractivity contribution in [3.8, 4) is 0 Å². The van der Waals surface area contributed by atoms with Crippen molar-refractivity contribution in [2.75, 3.05) is 44.3 Å². The summed E-state index contributed by atoms with van der Waals surface area (Å²) in [6.45, 7) is 13.2. The van der Waals surface area contributed by atoms with Crippen LogP contribution in [0.2, 0.25) is 0 Å². The van der Waals surface area contributed by atoms with Crippen LogP contribution in [0.15, 0.2) is 61.2 Å². The van der Waals surface area contributed by atoms with Gasteiger partial charge in [-0.1, -0.05) is 43.5 Å². The van der Waals surface area contributed by atoms with E-state index in [2.05, 4.69) is 47.6 Å². The Hall–Kier alpha value is -1.84. The van der Waals surface area contributed by atoms with Crippen molar-refractivity contribution in [3.63, 3.8) is 0 Å². The Kier molecular flexibility index (Phi) is 7.64. The van der Waals surface area contributed by atoms with Crippen molar-refractivity contribution < 1.29 is 6.16 Å². The summed E-state index contributed by atoms with van der Waals surface area (Å²) in [5, 5.41) is 3.41. The molecule has 3 heteroatoms. The number of ether oxygens (including phenoxy) is 1. The van der Waals surface area contributed by atoms with E-state index in [0.717, 1.165) is 52.2 Å². The summed E-state index contributed by atoms with van der Waals surface area (Å²) in [4.78, 5) is 2.42. The number of benzene rings is 1. The van der Waals surface area contributed by atoms with Crippen LogP contribution in [0, 0.1) is 0 Å². The molecule has 0 saturated carbocycles. The van der Waals surface area contributed by atoms with E-state index in [1.165, 1.54) is 16.8 Å². The van der Waals surface area contributed by atoms with Gasteiger partial charge in [0.2, 0.25) is 0 Å². The second-order valence-corrected chi connectivity index (χ2v) is 5.73. The fraction of sp³-hybridized carbons (Fsp3) is 0.400. The lowest BCUT2D eigenvalue weighted by Gasteiger charge is -2.26. The van der Waals surface area contributed by atoms with Crippen molar-refractivity contribution in [1.29, 1.82) is 0 Å². The van der Waals surface area contributed by atoms with Gasteiger partial charge in [-0.25, -0.2) is 0 Å². The summed E-state index contributed by atoms with van der Waals surface area (Å²) < 4.78 is 5.67. The van der Waals surface area contributed by atoms with Gasteiger partial charge in [-0.2, -0.15) is 0 Å². The van der Waals surface area contributed by atoms with E-state index < -0.39 is 0 Å². The first kappa shape index (κ1) is 17.5. The van der Waals surface area contributed by atoms with Crippen LogP contribution in [0.5, 0.6) is 0 Å². The Morgan fingerprint density at radius 1 is 1.26 bits per heavy atom. The fourth-order valence-corrected chi connectivity index (χ4v) is 2.76. The SMILES string of the molecule is C=C/C=C(\C=C)Cc1cccc(N2CCCNCCOCC2)c1.[HH]. The van der Waals surface area contributed by atoms with E-state index in [4.69, 9.17) is 4.74 Å². The summed E-state index contributed by atoms with van der Waals surface area (Å²) in [5.41, 5.74) is 3.76. The van der Waals surface area contributed by atoms with E-state index in [1.54, 1.807) is 0 Å². The maximum absolute atomic E-state index is 5.67. The van der Waals surface area contributed by atoms with Crippen molar-refractivity contribution in [1.82, 2.24) is 5.32 Å². The van der Waals surface area contributed by atoms with Gasteiger partial charge in [0.1, 0.15) is 0 Å². The van der Waals surface area contributed by atoms with Gasteiger partial charge in [0.15, 0.2) is 0 Å². The molecule has 0 aliphatic carbocycles. The smallest absolute Gasteiger partial charge is 0.0642 e. The van der Waals surface area contributed by atoms with Gasteiger partial charge in [0.05, 0.1) is 13.2 Å². The molecule has 0 spiro atoms. The van der Waals surface area contributed by atoms with Gasteiger partial charge >= 0.3 is 0 Å². The van der Waals surface area contributed by atoms with Crippen molar-refractivity contribution >= 4 is 5.69 Å². The van der Waals surface area contributed by atoms with Crippen molar-refractivity contribution in [2.24, 2.45) is 0 Å². The highest BCUT2D eigenvalue weighted by Crippen LogP contribution is 2.19. The molecule has 2 rings (SSSR count). The summed E-state index contributed by atoms with van der Waals surface area (Å²) in [7, 11) is 0. The van der Waals surface area contributed by atoms with E-state index in [1.807, 2.05) is 18.2 Å². The summed E-state index contributed by atoms with van der Waals surface area (Å²) in [6, 6.07) is 8.77. The molecule has 0 atom stereocenters. The largest absolute Gasteiger partial charge is 0.378 e. The highest BCUT2D eigenvalue weighted by Gasteiger charge is 2.09. The molecule has 0 bridgehead atoms. The number of hydrogen-bond acceptors (Lipinski definition) is 3. The second kappa shape index (κ2) is 10.0. The van der Waals surface area contributed by atoms with Crippen LogP contribution in [0.3, 0.4) is 0 Å². The Labute approximate surface area is 141 Å². The standard InChI is InChI=1S/C20H28N2O.H2/c1-3-7-18(4-2)16-19-8-5-9-20(17-19)22-12-6-10-21-11-14-23-15-13-22;/h3-5,7-9,17,21H,1-2,6,10-16H2;1H/b18-7+;. The van der Waals surface area contributed by atoms with Crippen LogP contribution in [-0.4, -0.2) is 39.4 Å². The Bertz CT molecular complexity index is 532. The molecule has 1 aromatic rings. The first-order valence-corrected chi connectivity index (χ1v) is 8.40. The molecule has 1 fully saturated rings. The molecular formula is C20H30N2O. The predicted octanol–water partition coefficient (Wildman–Crippen LogP) is 3.59. The zero-order valence-corrected chi connectivity index (χ0v) is 14.0. The topological polar surface area (TPSA) is 24.5 Å². The maximum atomic E-state index is 5.67. The Morgan fingerprint density at radius 2 is 2.17 bits per heavy atom. The lowest BCUT2D eigenvalue weighted by atomic mass is 10.0. The Balaban J connectivity index is 0.00000288. The van der Waals surface area contributed by atoms with Crippen LogP contribution in [0.25, 0.3) is 0 Å². The molecule has 3 nitrogen and oxygen atoms in total. The predicted molar refractivity (Wildman–Crippen MR) is 101 cm³/mol. The van der Waals surface area contributed by atoms with Gasteiger partial charge < -0.3 is 15.0 Å². The number of anilines is 1. The number of allylic oxidation sites excluding steroid dienone is 4. The van der Waals surface area contributed by atoms with Gasteiger partial charge in [-0.3, -0.25) is 0 Å². The fourth-order valence-electron chi connectivity index (χ4n) is 2.76. The van der Waals surface area contributed by atoms with Gasteiger partial charge in [-0.15, -0.1) is 0 Å². The minimum atomic E-state index is 0. The molecule has 126 valence electrons. The number of hydrogen-bond donors (Lipinski definition) is 1. The highest BCUT2D eigenvalue weighted by atomic mass is 16.5. The van der Waals surface area contributed by atoms with E-state index in [9.17, 15) is 0 Å². The van der Waals surface area contributed by atoms with Crippen LogP contribution in [0.4, 0.5) is 5.69 Å². The van der Waals surface area contributed by atoms with Crippen LogP contribution >= 0.6 is 0 Å². The third kappa shape index (κ3) is 6.05. The van der Waals surface area contributed by atoms with E-state index in [-0.39, 0.29) is 1.43 Å². The van der Waals surface area contributed by atoms with Crippen LogP contribution in [-0.2, 0) is 11.2 Å². The molecule has 1 aliphatic rings. The van der Waals surface area contributed by atoms with Gasteiger partial charge in [-0.05, 0) is 42.7 Å². The van der Waals surface area contributed by atoms with Crippen LogP contribution < -0.4 is 10.2 Å². The molecule has 0 amide bonds. The normalized spacial score (nSPS) is 17.6. The van der Waals surface area contributed by atoms with E-state index >= 15 is 0 Å². The lowest BCUT2D eigenvalue weighted by molar-refractivity contribution is 0.139. The highest BCUT2D eigenvalue weighted by molar-refractivity contribution is 5.49. The number of nitrogens with one attached hydrogen (secondary N) is 1. The average molecular weight is 314 g/mol. The monoisotopic (exact) mass is 314 g/mol. The summed E-state index contributed by atoms with van der Waals surface area (Å²) >= 11 is 0.